The Morgan fingerprint density at radius 2 is 2.11 bits per heavy atom. The van der Waals surface area contributed by atoms with Crippen molar-refractivity contribution >= 4 is 21.6 Å². The van der Waals surface area contributed by atoms with Crippen LogP contribution in [0.5, 0.6) is 5.75 Å². The normalized spacial score (nSPS) is 12.0. The first-order valence-corrected chi connectivity index (χ1v) is 7.52. The second kappa shape index (κ2) is 5.88. The number of rotatable bonds is 5. The third-order valence-electron chi connectivity index (χ3n) is 2.70. The minimum absolute atomic E-state index is 0.272. The molecule has 0 aliphatic rings. The second-order valence-corrected chi connectivity index (χ2v) is 7.08. The van der Waals surface area contributed by atoms with Gasteiger partial charge in [-0.3, -0.25) is 0 Å². The van der Waals surface area contributed by atoms with Gasteiger partial charge in [0.1, 0.15) is 5.75 Å². The molecule has 3 nitrogen and oxygen atoms in total. The Bertz CT molecular complexity index is 543. The fraction of sp³-hybridized carbons (Fsp3) is 0.533. The Morgan fingerprint density at radius 3 is 2.79 bits per heavy atom. The molecular formula is C15H22N2OS. The van der Waals surface area contributed by atoms with Crippen LogP contribution in [0.1, 0.15) is 32.2 Å². The van der Waals surface area contributed by atoms with Gasteiger partial charge in [-0.2, -0.15) is 0 Å². The molecule has 1 aromatic heterocycles. The predicted molar refractivity (Wildman–Crippen MR) is 81.9 cm³/mol. The summed E-state index contributed by atoms with van der Waals surface area (Å²) < 4.78 is 6.86. The van der Waals surface area contributed by atoms with Crippen molar-refractivity contribution in [3.63, 3.8) is 0 Å². The number of hydrogen-bond donors (Lipinski definition) is 1. The monoisotopic (exact) mass is 278 g/mol. The van der Waals surface area contributed by atoms with Crippen molar-refractivity contribution < 1.29 is 4.74 Å². The molecule has 0 amide bonds. The largest absolute Gasteiger partial charge is 0.493 e. The van der Waals surface area contributed by atoms with E-state index in [4.69, 9.17) is 10.5 Å². The highest BCUT2D eigenvalue weighted by atomic mass is 32.1. The Labute approximate surface area is 118 Å². The average Bonchev–Trinajstić information content (AvgIpc) is 2.68. The maximum atomic E-state index is 5.66. The molecule has 0 aliphatic heterocycles. The van der Waals surface area contributed by atoms with E-state index in [9.17, 15) is 0 Å². The summed E-state index contributed by atoms with van der Waals surface area (Å²) in [4.78, 5) is 4.68. The number of nitrogens with two attached hydrogens (primary N) is 1. The first-order chi connectivity index (χ1) is 8.98. The van der Waals surface area contributed by atoms with E-state index in [2.05, 4.69) is 31.8 Å². The van der Waals surface area contributed by atoms with Crippen molar-refractivity contribution in [2.24, 2.45) is 11.1 Å². The molecule has 2 rings (SSSR count). The van der Waals surface area contributed by atoms with Gasteiger partial charge in [0.2, 0.25) is 0 Å². The molecule has 4 heteroatoms. The molecular weight excluding hydrogens is 256 g/mol. The van der Waals surface area contributed by atoms with Crippen molar-refractivity contribution in [1.29, 1.82) is 0 Å². The molecule has 104 valence electrons. The Balaban J connectivity index is 2.14. The van der Waals surface area contributed by atoms with Crippen LogP contribution < -0.4 is 10.5 Å². The van der Waals surface area contributed by atoms with E-state index in [0.29, 0.717) is 13.2 Å². The summed E-state index contributed by atoms with van der Waals surface area (Å²) in [6, 6.07) is 6.10. The predicted octanol–water partition coefficient (Wildman–Crippen LogP) is 3.61. The van der Waals surface area contributed by atoms with E-state index in [0.717, 1.165) is 24.1 Å². The van der Waals surface area contributed by atoms with Gasteiger partial charge in [0.25, 0.3) is 0 Å². The zero-order valence-corrected chi connectivity index (χ0v) is 12.7. The third-order valence-corrected chi connectivity index (χ3v) is 3.72. The molecule has 0 saturated carbocycles. The number of ether oxygens (including phenoxy) is 1. The molecule has 0 spiro atoms. The van der Waals surface area contributed by atoms with Crippen molar-refractivity contribution in [3.8, 4) is 5.75 Å². The van der Waals surface area contributed by atoms with Crippen LogP contribution in [0.25, 0.3) is 10.2 Å². The third kappa shape index (κ3) is 4.18. The van der Waals surface area contributed by atoms with Crippen molar-refractivity contribution in [1.82, 2.24) is 4.98 Å². The number of thiazole rings is 1. The summed E-state index contributed by atoms with van der Waals surface area (Å²) in [6.45, 7) is 8.05. The summed E-state index contributed by atoms with van der Waals surface area (Å²) >= 11 is 1.76. The van der Waals surface area contributed by atoms with E-state index < -0.39 is 0 Å². The van der Waals surface area contributed by atoms with Crippen LogP contribution in [0.3, 0.4) is 0 Å². The average molecular weight is 278 g/mol. The summed E-state index contributed by atoms with van der Waals surface area (Å²) in [7, 11) is 0. The molecule has 0 radical (unpaired) electrons. The molecule has 0 atom stereocenters. The molecule has 0 saturated heterocycles. The smallest absolute Gasteiger partial charge is 0.120 e. The lowest BCUT2D eigenvalue weighted by Crippen LogP contribution is -2.08. The summed E-state index contributed by atoms with van der Waals surface area (Å²) in [5, 5.41) is 1.20. The number of hydrogen-bond acceptors (Lipinski definition) is 4. The van der Waals surface area contributed by atoms with Crippen LogP contribution in [0.2, 0.25) is 0 Å². The van der Waals surface area contributed by atoms with Crippen LogP contribution in [-0.4, -0.2) is 18.1 Å². The molecule has 0 aliphatic carbocycles. The standard InChI is InChI=1S/C15H22N2OS/c1-15(2,3)10-14-17-12-6-5-11(9-13(12)19-14)18-8-4-7-16/h5-6,9H,4,7-8,10,16H2,1-3H3. The SMILES string of the molecule is CC(C)(C)Cc1nc2ccc(OCCCN)cc2s1. The van der Waals surface area contributed by atoms with Gasteiger partial charge in [0.15, 0.2) is 0 Å². The van der Waals surface area contributed by atoms with Gasteiger partial charge < -0.3 is 10.5 Å². The summed E-state index contributed by atoms with van der Waals surface area (Å²) in [6.07, 6.45) is 1.89. The number of nitrogens with zero attached hydrogens (tertiary/aromatic N) is 1. The van der Waals surface area contributed by atoms with Crippen LogP contribution in [0.4, 0.5) is 0 Å². The van der Waals surface area contributed by atoms with Crippen molar-refractivity contribution in [2.45, 2.75) is 33.6 Å². The van der Waals surface area contributed by atoms with Crippen LogP contribution >= 0.6 is 11.3 Å². The zero-order chi connectivity index (χ0) is 13.9. The molecule has 2 aromatic rings. The van der Waals surface area contributed by atoms with Crippen molar-refractivity contribution in [3.05, 3.63) is 23.2 Å². The lowest BCUT2D eigenvalue weighted by Gasteiger charge is -2.15. The second-order valence-electron chi connectivity index (χ2n) is 5.97. The van der Waals surface area contributed by atoms with Crippen molar-refractivity contribution in [2.75, 3.05) is 13.2 Å². The van der Waals surface area contributed by atoms with Gasteiger partial charge in [0.05, 0.1) is 21.8 Å². The quantitative estimate of drug-likeness (QED) is 0.850. The Morgan fingerprint density at radius 1 is 1.32 bits per heavy atom. The summed E-state index contributed by atoms with van der Waals surface area (Å²) in [5.74, 6) is 0.909. The molecule has 2 N–H and O–H groups in total. The number of benzene rings is 1. The molecule has 0 bridgehead atoms. The molecule has 1 aromatic carbocycles. The maximum absolute atomic E-state index is 5.66. The van der Waals surface area contributed by atoms with Gasteiger partial charge >= 0.3 is 0 Å². The molecule has 0 unspecified atom stereocenters. The van der Waals surface area contributed by atoms with E-state index in [1.165, 1.54) is 9.71 Å². The minimum atomic E-state index is 0.272. The molecule has 19 heavy (non-hydrogen) atoms. The molecule has 1 heterocycles. The lowest BCUT2D eigenvalue weighted by atomic mass is 9.93. The van der Waals surface area contributed by atoms with Gasteiger partial charge in [0, 0.05) is 6.42 Å². The van der Waals surface area contributed by atoms with E-state index in [1.807, 2.05) is 12.1 Å². The highest BCUT2D eigenvalue weighted by molar-refractivity contribution is 7.18. The van der Waals surface area contributed by atoms with E-state index in [-0.39, 0.29) is 5.41 Å². The van der Waals surface area contributed by atoms with Crippen LogP contribution in [0.15, 0.2) is 18.2 Å². The van der Waals surface area contributed by atoms with Crippen LogP contribution in [0, 0.1) is 5.41 Å². The summed E-state index contributed by atoms with van der Waals surface area (Å²) in [5.41, 5.74) is 6.79. The van der Waals surface area contributed by atoms with Gasteiger partial charge in [-0.25, -0.2) is 4.98 Å². The Hall–Kier alpha value is -1.13. The van der Waals surface area contributed by atoms with Gasteiger partial charge in [-0.1, -0.05) is 20.8 Å². The molecule has 0 fully saturated rings. The fourth-order valence-electron chi connectivity index (χ4n) is 1.85. The first kappa shape index (κ1) is 14.3. The first-order valence-electron chi connectivity index (χ1n) is 6.70. The van der Waals surface area contributed by atoms with Crippen LogP contribution in [-0.2, 0) is 6.42 Å². The maximum Gasteiger partial charge on any atom is 0.120 e. The van der Waals surface area contributed by atoms with E-state index >= 15 is 0 Å². The number of fused-ring (bicyclic) bond motifs is 1. The van der Waals surface area contributed by atoms with E-state index in [1.54, 1.807) is 11.3 Å². The van der Waals surface area contributed by atoms with Gasteiger partial charge in [-0.05, 0) is 36.6 Å². The number of aromatic nitrogens is 1. The Kier molecular flexibility index (Phi) is 4.42. The topological polar surface area (TPSA) is 48.1 Å². The lowest BCUT2D eigenvalue weighted by molar-refractivity contribution is 0.314. The fourth-order valence-corrected chi connectivity index (χ4v) is 3.14. The minimum Gasteiger partial charge on any atom is -0.493 e. The highest BCUT2D eigenvalue weighted by Crippen LogP contribution is 2.30. The highest BCUT2D eigenvalue weighted by Gasteiger charge is 2.14. The zero-order valence-electron chi connectivity index (χ0n) is 11.9. The van der Waals surface area contributed by atoms with Gasteiger partial charge in [-0.15, -0.1) is 11.3 Å².